The summed E-state index contributed by atoms with van der Waals surface area (Å²) in [5, 5.41) is 6.14. The molecular weight excluding hydrogens is 550 g/mol. The van der Waals surface area contributed by atoms with Crippen LogP contribution in [0, 0.1) is 9.81 Å². The van der Waals surface area contributed by atoms with Gasteiger partial charge in [0, 0.05) is 26.1 Å². The Morgan fingerprint density at radius 1 is 0.568 bits per heavy atom. The predicted octanol–water partition coefficient (Wildman–Crippen LogP) is 11.7. The third kappa shape index (κ3) is 30.6. The highest BCUT2D eigenvalue weighted by Crippen LogP contribution is 2.15. The van der Waals surface area contributed by atoms with E-state index in [4.69, 9.17) is 4.74 Å². The van der Waals surface area contributed by atoms with Crippen molar-refractivity contribution in [2.75, 3.05) is 32.8 Å². The maximum atomic E-state index is 12.8. The molecule has 0 aromatic heterocycles. The lowest BCUT2D eigenvalue weighted by molar-refractivity contribution is -0.131. The van der Waals surface area contributed by atoms with E-state index in [-0.39, 0.29) is 32.1 Å². The summed E-state index contributed by atoms with van der Waals surface area (Å²) in [6, 6.07) is -0.608. The molecule has 0 fully saturated rings. The van der Waals surface area contributed by atoms with Crippen LogP contribution in [0.25, 0.3) is 0 Å². The molecular formula is C37H73N3O4. The van der Waals surface area contributed by atoms with E-state index >= 15 is 0 Å². The minimum atomic E-state index is -0.608. The largest absolute Gasteiger partial charge is 0.379 e. The molecule has 0 aliphatic rings. The highest BCUT2D eigenvalue weighted by Gasteiger charge is 2.19. The van der Waals surface area contributed by atoms with Crippen LogP contribution in [0.1, 0.15) is 194 Å². The summed E-state index contributed by atoms with van der Waals surface area (Å²) in [4.78, 5) is 36.6. The summed E-state index contributed by atoms with van der Waals surface area (Å²) >= 11 is 0. The molecule has 0 radical (unpaired) electrons. The molecule has 1 unspecified atom stereocenters. The summed E-state index contributed by atoms with van der Waals surface area (Å²) in [6.45, 7) is 5.85. The molecule has 0 aromatic rings. The number of unbranched alkanes of at least 4 members (excludes halogenated alkanes) is 25. The molecule has 44 heavy (non-hydrogen) atoms. The Labute approximate surface area is 272 Å². The summed E-state index contributed by atoms with van der Waals surface area (Å²) in [6.07, 6.45) is 35.3. The van der Waals surface area contributed by atoms with Gasteiger partial charge in [-0.25, -0.2) is 0 Å². The maximum absolute atomic E-state index is 12.8. The van der Waals surface area contributed by atoms with E-state index in [0.29, 0.717) is 13.0 Å². The summed E-state index contributed by atoms with van der Waals surface area (Å²) in [5.41, 5.74) is 0. The maximum Gasteiger partial charge on any atom is 0.222 e. The first-order chi connectivity index (χ1) is 21.7. The Bertz CT molecular complexity index is 620. The van der Waals surface area contributed by atoms with Gasteiger partial charge in [0.05, 0.1) is 13.2 Å². The molecule has 0 saturated heterocycles. The lowest BCUT2D eigenvalue weighted by Crippen LogP contribution is -2.40. The molecule has 0 N–H and O–H groups in total. The zero-order valence-electron chi connectivity index (χ0n) is 29.4. The molecule has 260 valence electrons. The molecule has 7 heteroatoms. The number of nitrogens with zero attached hydrogens (tertiary/aromatic N) is 3. The molecule has 0 spiro atoms. The number of carbonyl (C=O) groups excluding carboxylic acids is 1. The van der Waals surface area contributed by atoms with Gasteiger partial charge in [-0.2, -0.15) is 9.81 Å². The smallest absolute Gasteiger partial charge is 0.222 e. The fourth-order valence-corrected chi connectivity index (χ4v) is 5.92. The highest BCUT2D eigenvalue weighted by atomic mass is 16.5. The average Bonchev–Trinajstić information content (AvgIpc) is 3.03. The molecule has 0 bridgehead atoms. The van der Waals surface area contributed by atoms with Gasteiger partial charge in [-0.15, -0.1) is 0 Å². The first kappa shape index (κ1) is 42.6. The third-order valence-electron chi connectivity index (χ3n) is 8.84. The van der Waals surface area contributed by atoms with Crippen molar-refractivity contribution in [1.29, 1.82) is 0 Å². The Hall–Kier alpha value is -1.37. The van der Waals surface area contributed by atoms with E-state index in [1.54, 1.807) is 4.90 Å². The van der Waals surface area contributed by atoms with Crippen LogP contribution in [0.2, 0.25) is 0 Å². The zero-order valence-corrected chi connectivity index (χ0v) is 29.4. The lowest BCUT2D eigenvalue weighted by atomic mass is 10.0. The molecule has 1 atom stereocenters. The number of nitroso groups, excluding NO2 is 2. The second-order valence-electron chi connectivity index (χ2n) is 13.1. The van der Waals surface area contributed by atoms with E-state index in [0.717, 1.165) is 32.1 Å². The van der Waals surface area contributed by atoms with Crippen molar-refractivity contribution in [3.8, 4) is 0 Å². The van der Waals surface area contributed by atoms with Gasteiger partial charge in [-0.05, 0) is 12.8 Å². The second kappa shape index (κ2) is 36.1. The van der Waals surface area contributed by atoms with Crippen LogP contribution < -0.4 is 0 Å². The van der Waals surface area contributed by atoms with Gasteiger partial charge in [0.2, 0.25) is 5.91 Å². The van der Waals surface area contributed by atoms with Crippen molar-refractivity contribution >= 4 is 5.91 Å². The number of carbonyl (C=O) groups is 1. The normalized spacial score (nSPS) is 12.0. The molecule has 0 saturated carbocycles. The van der Waals surface area contributed by atoms with Crippen LogP contribution in [0.5, 0.6) is 0 Å². The topological polar surface area (TPSA) is 88.4 Å². The lowest BCUT2D eigenvalue weighted by Gasteiger charge is -2.24. The van der Waals surface area contributed by atoms with Gasteiger partial charge in [0.15, 0.2) is 0 Å². The van der Waals surface area contributed by atoms with E-state index in [9.17, 15) is 14.6 Å². The van der Waals surface area contributed by atoms with Crippen LogP contribution in [0.15, 0.2) is 10.4 Å². The SMILES string of the molecule is CCCCCCCCCCCCCCCCOCC(CN(CCN=O)C(=O)CCCCCCCCCCCCCCC)N=O. The van der Waals surface area contributed by atoms with Crippen LogP contribution in [-0.4, -0.2) is 49.7 Å². The summed E-state index contributed by atoms with van der Waals surface area (Å²) in [5.74, 6) is -0.0163. The molecule has 0 rings (SSSR count). The third-order valence-corrected chi connectivity index (χ3v) is 8.84. The van der Waals surface area contributed by atoms with Gasteiger partial charge < -0.3 is 9.64 Å². The van der Waals surface area contributed by atoms with Gasteiger partial charge in [-0.3, -0.25) is 4.79 Å². The van der Waals surface area contributed by atoms with Crippen LogP contribution >= 0.6 is 0 Å². The second-order valence-corrected chi connectivity index (χ2v) is 13.1. The van der Waals surface area contributed by atoms with Crippen molar-refractivity contribution in [3.63, 3.8) is 0 Å². The Kier molecular flexibility index (Phi) is 35.0. The van der Waals surface area contributed by atoms with Crippen molar-refractivity contribution in [1.82, 2.24) is 4.90 Å². The van der Waals surface area contributed by atoms with Crippen LogP contribution in [0.3, 0.4) is 0 Å². The van der Waals surface area contributed by atoms with E-state index in [1.807, 2.05) is 0 Å². The summed E-state index contributed by atoms with van der Waals surface area (Å²) < 4.78 is 5.74. The molecule has 1 amide bonds. The van der Waals surface area contributed by atoms with E-state index < -0.39 is 6.04 Å². The fraction of sp³-hybridized carbons (Fsp3) is 0.973. The van der Waals surface area contributed by atoms with Gasteiger partial charge in [0.1, 0.15) is 6.04 Å². The first-order valence-electron chi connectivity index (χ1n) is 19.2. The number of hydrogen-bond donors (Lipinski definition) is 0. The molecule has 7 nitrogen and oxygen atoms in total. The standard InChI is InChI=1S/C37H73N3O4/c1-3-5-7-9-11-13-15-17-19-21-23-25-27-29-33-44-35-36(39-43)34-40(32-31-38-42)37(41)30-28-26-24-22-20-18-16-14-12-10-8-6-4-2/h36H,3-35H2,1-2H3. The minimum Gasteiger partial charge on any atom is -0.379 e. The monoisotopic (exact) mass is 624 g/mol. The Morgan fingerprint density at radius 2 is 0.955 bits per heavy atom. The highest BCUT2D eigenvalue weighted by molar-refractivity contribution is 5.76. The van der Waals surface area contributed by atoms with Crippen molar-refractivity contribution < 1.29 is 9.53 Å². The van der Waals surface area contributed by atoms with E-state index in [2.05, 4.69) is 24.2 Å². The fourth-order valence-electron chi connectivity index (χ4n) is 5.92. The van der Waals surface area contributed by atoms with Crippen molar-refractivity contribution in [3.05, 3.63) is 9.81 Å². The van der Waals surface area contributed by atoms with Crippen LogP contribution in [-0.2, 0) is 9.53 Å². The summed E-state index contributed by atoms with van der Waals surface area (Å²) in [7, 11) is 0. The number of hydrogen-bond acceptors (Lipinski definition) is 6. The first-order valence-corrected chi connectivity index (χ1v) is 19.2. The number of ether oxygens (including phenoxy) is 1. The average molecular weight is 624 g/mol. The quantitative estimate of drug-likeness (QED) is 0.0508. The Balaban J connectivity index is 3.85. The molecule has 0 aliphatic heterocycles. The number of rotatable bonds is 37. The van der Waals surface area contributed by atoms with Crippen LogP contribution in [0.4, 0.5) is 0 Å². The van der Waals surface area contributed by atoms with E-state index in [1.165, 1.54) is 141 Å². The van der Waals surface area contributed by atoms with Crippen molar-refractivity contribution in [2.24, 2.45) is 10.4 Å². The van der Waals surface area contributed by atoms with Crippen molar-refractivity contribution in [2.45, 2.75) is 200 Å². The van der Waals surface area contributed by atoms with Gasteiger partial charge in [0.25, 0.3) is 0 Å². The van der Waals surface area contributed by atoms with Gasteiger partial charge in [-0.1, -0.05) is 185 Å². The Morgan fingerprint density at radius 3 is 1.34 bits per heavy atom. The molecule has 0 heterocycles. The zero-order chi connectivity index (χ0) is 32.2. The van der Waals surface area contributed by atoms with Gasteiger partial charge >= 0.3 is 0 Å². The molecule has 0 aliphatic carbocycles. The molecule has 0 aromatic carbocycles. The minimum absolute atomic E-state index is 0.0163. The predicted molar refractivity (Wildman–Crippen MR) is 188 cm³/mol. The number of amides is 1.